The highest BCUT2D eigenvalue weighted by Crippen LogP contribution is 2.31. The van der Waals surface area contributed by atoms with E-state index in [1.807, 2.05) is 0 Å². The van der Waals surface area contributed by atoms with Gasteiger partial charge in [0.2, 0.25) is 0 Å². The first-order valence-electron chi connectivity index (χ1n) is 6.89. The van der Waals surface area contributed by atoms with Gasteiger partial charge in [0.1, 0.15) is 5.69 Å². The Labute approximate surface area is 134 Å². The molecule has 2 N–H and O–H groups in total. The van der Waals surface area contributed by atoms with Crippen LogP contribution in [0.25, 0.3) is 0 Å². The molecule has 1 unspecified atom stereocenters. The molecule has 0 aromatic carbocycles. The van der Waals surface area contributed by atoms with Crippen molar-refractivity contribution in [2.24, 2.45) is 0 Å². The number of hydrogen-bond donors (Lipinski definition) is 2. The van der Waals surface area contributed by atoms with E-state index in [4.69, 9.17) is 11.6 Å². The molecule has 0 saturated carbocycles. The van der Waals surface area contributed by atoms with Gasteiger partial charge in [0.25, 0.3) is 5.91 Å². The molecule has 2 aromatic rings. The van der Waals surface area contributed by atoms with Crippen LogP contribution < -0.4 is 5.32 Å². The molecule has 9 heteroatoms. The van der Waals surface area contributed by atoms with E-state index in [9.17, 15) is 18.0 Å². The number of aromatic nitrogens is 3. The van der Waals surface area contributed by atoms with E-state index in [2.05, 4.69) is 20.5 Å². The van der Waals surface area contributed by atoms with E-state index in [1.54, 1.807) is 6.20 Å². The highest BCUT2D eigenvalue weighted by atomic mass is 35.5. The van der Waals surface area contributed by atoms with Gasteiger partial charge in [-0.3, -0.25) is 9.89 Å². The maximum Gasteiger partial charge on any atom is 0.417 e. The van der Waals surface area contributed by atoms with Gasteiger partial charge in [-0.05, 0) is 24.5 Å². The van der Waals surface area contributed by atoms with Crippen molar-refractivity contribution in [3.8, 4) is 0 Å². The third-order valence-corrected chi connectivity index (χ3v) is 4.03. The molecule has 0 radical (unpaired) electrons. The fourth-order valence-electron chi connectivity index (χ4n) is 2.55. The summed E-state index contributed by atoms with van der Waals surface area (Å²) >= 11 is 5.77. The lowest BCUT2D eigenvalue weighted by Crippen LogP contribution is -2.39. The van der Waals surface area contributed by atoms with Crippen LogP contribution in [0.3, 0.4) is 0 Å². The zero-order valence-electron chi connectivity index (χ0n) is 11.7. The highest BCUT2D eigenvalue weighted by molar-refractivity contribution is 6.33. The summed E-state index contributed by atoms with van der Waals surface area (Å²) in [7, 11) is 0. The number of alkyl halides is 3. The number of carbonyl (C=O) groups excluding carboxylic acids is 1. The number of aryl methyl sites for hydroxylation is 1. The van der Waals surface area contributed by atoms with Gasteiger partial charge in [-0.15, -0.1) is 0 Å². The Balaban J connectivity index is 1.72. The lowest BCUT2D eigenvalue weighted by molar-refractivity contribution is -0.137. The number of rotatable bonds is 2. The third-order valence-electron chi connectivity index (χ3n) is 3.74. The van der Waals surface area contributed by atoms with Crippen LogP contribution in [0.2, 0.25) is 5.02 Å². The third kappa shape index (κ3) is 3.31. The summed E-state index contributed by atoms with van der Waals surface area (Å²) in [4.78, 5) is 15.7. The molecule has 1 amide bonds. The molecule has 5 nitrogen and oxygen atoms in total. The maximum atomic E-state index is 12.6. The van der Waals surface area contributed by atoms with Crippen molar-refractivity contribution in [3.05, 3.63) is 46.0 Å². The molecule has 23 heavy (non-hydrogen) atoms. The van der Waals surface area contributed by atoms with Crippen molar-refractivity contribution >= 4 is 17.5 Å². The molecule has 1 aliphatic rings. The Morgan fingerprint density at radius 2 is 2.17 bits per heavy atom. The summed E-state index contributed by atoms with van der Waals surface area (Å²) in [6, 6.07) is 0.563. The standard InChI is InChI=1S/C14H12ClF3N4O/c15-10-3-8(14(16,17)18)6-19-12(10)13(23)21-9-2-1-7-5-20-22-11(7)4-9/h3,5-6,9H,1-2,4H2,(H,20,22)(H,21,23). The second kappa shape index (κ2) is 5.84. The fraction of sp³-hybridized carbons (Fsp3) is 0.357. The molecule has 3 rings (SSSR count). The normalized spacial score (nSPS) is 17.7. The number of aromatic amines is 1. The zero-order valence-corrected chi connectivity index (χ0v) is 12.5. The zero-order chi connectivity index (χ0) is 16.6. The number of pyridine rings is 1. The summed E-state index contributed by atoms with van der Waals surface area (Å²) in [6.07, 6.45) is -0.122. The topological polar surface area (TPSA) is 70.7 Å². The molecule has 0 bridgehead atoms. The maximum absolute atomic E-state index is 12.6. The average Bonchev–Trinajstić information content (AvgIpc) is 2.93. The van der Waals surface area contributed by atoms with Crippen LogP contribution >= 0.6 is 11.6 Å². The lowest BCUT2D eigenvalue weighted by Gasteiger charge is -2.22. The van der Waals surface area contributed by atoms with Gasteiger partial charge in [0, 0.05) is 24.4 Å². The number of H-pyrrole nitrogens is 1. The Kier molecular flexibility index (Phi) is 4.01. The van der Waals surface area contributed by atoms with E-state index in [0.717, 1.165) is 24.1 Å². The Morgan fingerprint density at radius 3 is 2.87 bits per heavy atom. The van der Waals surface area contributed by atoms with Gasteiger partial charge in [0.15, 0.2) is 0 Å². The SMILES string of the molecule is O=C(NC1CCc2cn[nH]c2C1)c1ncc(C(F)(F)F)cc1Cl. The molecule has 0 aliphatic heterocycles. The Bertz CT molecular complexity index is 744. The average molecular weight is 345 g/mol. The number of carbonyl (C=O) groups is 1. The van der Waals surface area contributed by atoms with Crippen molar-refractivity contribution < 1.29 is 18.0 Å². The van der Waals surface area contributed by atoms with Gasteiger partial charge in [0.05, 0.1) is 16.8 Å². The Hall–Kier alpha value is -2.09. The molecule has 0 saturated heterocycles. The molecule has 0 spiro atoms. The number of amides is 1. The first-order chi connectivity index (χ1) is 10.8. The molecule has 2 aromatic heterocycles. The molecular weight excluding hydrogens is 333 g/mol. The number of halogens is 4. The largest absolute Gasteiger partial charge is 0.417 e. The van der Waals surface area contributed by atoms with E-state index in [1.165, 1.54) is 0 Å². The van der Waals surface area contributed by atoms with Gasteiger partial charge in [-0.2, -0.15) is 18.3 Å². The number of hydrogen-bond acceptors (Lipinski definition) is 3. The molecule has 122 valence electrons. The minimum atomic E-state index is -4.55. The summed E-state index contributed by atoms with van der Waals surface area (Å²) in [5.41, 5.74) is 0.864. The minimum Gasteiger partial charge on any atom is -0.348 e. The molecular formula is C14H12ClF3N4O. The van der Waals surface area contributed by atoms with Crippen molar-refractivity contribution in [2.75, 3.05) is 0 Å². The van der Waals surface area contributed by atoms with Crippen LogP contribution in [0.4, 0.5) is 13.2 Å². The predicted molar refractivity (Wildman–Crippen MR) is 76.1 cm³/mol. The summed E-state index contributed by atoms with van der Waals surface area (Å²) in [5, 5.41) is 9.24. The lowest BCUT2D eigenvalue weighted by atomic mass is 9.93. The van der Waals surface area contributed by atoms with Crippen LogP contribution in [0, 0.1) is 0 Å². The molecule has 0 fully saturated rings. The summed E-state index contributed by atoms with van der Waals surface area (Å²) < 4.78 is 37.7. The number of fused-ring (bicyclic) bond motifs is 1. The minimum absolute atomic E-state index is 0.143. The first-order valence-corrected chi connectivity index (χ1v) is 7.27. The van der Waals surface area contributed by atoms with E-state index in [-0.39, 0.29) is 16.8 Å². The van der Waals surface area contributed by atoms with Gasteiger partial charge < -0.3 is 5.32 Å². The predicted octanol–water partition coefficient (Wildman–Crippen LogP) is 2.76. The Morgan fingerprint density at radius 1 is 1.39 bits per heavy atom. The second-order valence-corrected chi connectivity index (χ2v) is 5.75. The fourth-order valence-corrected chi connectivity index (χ4v) is 2.80. The van der Waals surface area contributed by atoms with E-state index < -0.39 is 17.6 Å². The van der Waals surface area contributed by atoms with E-state index >= 15 is 0 Å². The van der Waals surface area contributed by atoms with Crippen molar-refractivity contribution in [2.45, 2.75) is 31.5 Å². The smallest absolute Gasteiger partial charge is 0.348 e. The van der Waals surface area contributed by atoms with Gasteiger partial charge in [-0.1, -0.05) is 11.6 Å². The van der Waals surface area contributed by atoms with Crippen LogP contribution in [0.5, 0.6) is 0 Å². The van der Waals surface area contributed by atoms with Crippen LogP contribution in [-0.4, -0.2) is 27.1 Å². The van der Waals surface area contributed by atoms with Gasteiger partial charge >= 0.3 is 6.18 Å². The first kappa shape index (κ1) is 15.8. The number of nitrogens with one attached hydrogen (secondary N) is 2. The second-order valence-electron chi connectivity index (χ2n) is 5.34. The van der Waals surface area contributed by atoms with E-state index in [0.29, 0.717) is 18.7 Å². The summed E-state index contributed by atoms with van der Waals surface area (Å²) in [6.45, 7) is 0. The van der Waals surface area contributed by atoms with Crippen molar-refractivity contribution in [1.29, 1.82) is 0 Å². The van der Waals surface area contributed by atoms with Crippen LogP contribution in [-0.2, 0) is 19.0 Å². The van der Waals surface area contributed by atoms with Crippen molar-refractivity contribution in [1.82, 2.24) is 20.5 Å². The quantitative estimate of drug-likeness (QED) is 0.880. The van der Waals surface area contributed by atoms with Crippen LogP contribution in [0.1, 0.15) is 33.7 Å². The highest BCUT2D eigenvalue weighted by Gasteiger charge is 2.32. The monoisotopic (exact) mass is 344 g/mol. The molecule has 1 atom stereocenters. The van der Waals surface area contributed by atoms with Crippen molar-refractivity contribution in [3.63, 3.8) is 0 Å². The van der Waals surface area contributed by atoms with Gasteiger partial charge in [-0.25, -0.2) is 4.98 Å². The number of nitrogens with zero attached hydrogens (tertiary/aromatic N) is 2. The molecule has 2 heterocycles. The molecule has 1 aliphatic carbocycles. The summed E-state index contributed by atoms with van der Waals surface area (Å²) in [5.74, 6) is -0.586. The van der Waals surface area contributed by atoms with Crippen LogP contribution in [0.15, 0.2) is 18.5 Å².